The van der Waals surface area contributed by atoms with Crippen LogP contribution in [0.3, 0.4) is 0 Å². The van der Waals surface area contributed by atoms with Crippen molar-refractivity contribution in [3.63, 3.8) is 0 Å². The highest BCUT2D eigenvalue weighted by Gasteiger charge is 2.10. The molecule has 1 aromatic carbocycles. The van der Waals surface area contributed by atoms with Crippen LogP contribution in [0.5, 0.6) is 0 Å². The molecular weight excluding hydrogens is 300 g/mol. The van der Waals surface area contributed by atoms with E-state index in [0.29, 0.717) is 18.1 Å². The zero-order chi connectivity index (χ0) is 15.5. The van der Waals surface area contributed by atoms with Crippen molar-refractivity contribution in [3.8, 4) is 0 Å². The van der Waals surface area contributed by atoms with E-state index in [9.17, 15) is 5.11 Å². The number of nitrogens with zero attached hydrogens (tertiary/aromatic N) is 3. The van der Waals surface area contributed by atoms with Crippen LogP contribution in [0.15, 0.2) is 42.7 Å². The van der Waals surface area contributed by atoms with Gasteiger partial charge in [0.25, 0.3) is 0 Å². The van der Waals surface area contributed by atoms with Gasteiger partial charge in [0.1, 0.15) is 5.82 Å². The summed E-state index contributed by atoms with van der Waals surface area (Å²) < 4.78 is 2.03. The maximum absolute atomic E-state index is 10.1. The first-order valence-corrected chi connectivity index (χ1v) is 7.42. The average molecular weight is 317 g/mol. The summed E-state index contributed by atoms with van der Waals surface area (Å²) in [4.78, 5) is 8.51. The number of aliphatic hydroxyl groups is 1. The van der Waals surface area contributed by atoms with Crippen LogP contribution < -0.4 is 5.32 Å². The summed E-state index contributed by atoms with van der Waals surface area (Å²) in [6, 6.07) is 9.29. The number of pyridine rings is 1. The normalized spacial score (nSPS) is 12.7. The van der Waals surface area contributed by atoms with Crippen molar-refractivity contribution in [2.24, 2.45) is 7.05 Å². The molecule has 6 heteroatoms. The van der Waals surface area contributed by atoms with E-state index < -0.39 is 6.10 Å². The molecule has 1 unspecified atom stereocenters. The van der Waals surface area contributed by atoms with E-state index in [0.717, 1.165) is 22.4 Å². The summed E-state index contributed by atoms with van der Waals surface area (Å²) in [7, 11) is 1.97. The third kappa shape index (κ3) is 3.11. The number of hydrogen-bond donors (Lipinski definition) is 2. The quantitative estimate of drug-likeness (QED) is 0.759. The van der Waals surface area contributed by atoms with E-state index in [4.69, 9.17) is 11.6 Å². The van der Waals surface area contributed by atoms with Gasteiger partial charge in [-0.3, -0.25) is 4.98 Å². The number of aromatic nitrogens is 3. The van der Waals surface area contributed by atoms with Crippen LogP contribution in [0.4, 0.5) is 0 Å². The van der Waals surface area contributed by atoms with E-state index >= 15 is 0 Å². The van der Waals surface area contributed by atoms with Crippen molar-refractivity contribution in [3.05, 3.63) is 59.1 Å². The van der Waals surface area contributed by atoms with Crippen molar-refractivity contribution in [2.45, 2.75) is 12.6 Å². The van der Waals surface area contributed by atoms with Gasteiger partial charge < -0.3 is 15.0 Å². The third-order valence-corrected chi connectivity index (χ3v) is 3.88. The molecule has 5 nitrogen and oxygen atoms in total. The molecule has 0 radical (unpaired) electrons. The molecule has 22 heavy (non-hydrogen) atoms. The van der Waals surface area contributed by atoms with Crippen molar-refractivity contribution >= 4 is 22.6 Å². The number of rotatable bonds is 5. The smallest absolute Gasteiger partial charge is 0.123 e. The molecule has 0 bridgehead atoms. The van der Waals surface area contributed by atoms with E-state index in [2.05, 4.69) is 15.3 Å². The standard InChI is InChI=1S/C16H17ClN4O/c1-21-14-3-2-12(17)8-13(14)20-16(21)10-19-9-15(22)11-4-6-18-7-5-11/h2-8,15,19,22H,9-10H2,1H3. The van der Waals surface area contributed by atoms with Crippen LogP contribution in [0.2, 0.25) is 5.02 Å². The molecule has 3 rings (SSSR count). The number of halogens is 1. The number of imidazole rings is 1. The minimum absolute atomic E-state index is 0.452. The lowest BCUT2D eigenvalue weighted by Gasteiger charge is -2.11. The lowest BCUT2D eigenvalue weighted by molar-refractivity contribution is 0.174. The molecule has 0 amide bonds. The Bertz CT molecular complexity index is 772. The van der Waals surface area contributed by atoms with Crippen molar-refractivity contribution in [1.29, 1.82) is 0 Å². The highest BCUT2D eigenvalue weighted by Crippen LogP contribution is 2.19. The van der Waals surface area contributed by atoms with Crippen LogP contribution >= 0.6 is 11.6 Å². The van der Waals surface area contributed by atoms with Gasteiger partial charge in [-0.1, -0.05) is 11.6 Å². The Labute approximate surface area is 133 Å². The molecule has 2 heterocycles. The molecule has 0 aliphatic heterocycles. The van der Waals surface area contributed by atoms with Gasteiger partial charge in [0, 0.05) is 31.0 Å². The molecule has 0 fully saturated rings. The van der Waals surface area contributed by atoms with Crippen LogP contribution in [0.25, 0.3) is 11.0 Å². The second-order valence-corrected chi connectivity index (χ2v) is 5.58. The first kappa shape index (κ1) is 15.0. The molecule has 2 aromatic heterocycles. The van der Waals surface area contributed by atoms with Crippen molar-refractivity contribution < 1.29 is 5.11 Å². The van der Waals surface area contributed by atoms with Gasteiger partial charge in [0.05, 0.1) is 23.7 Å². The van der Waals surface area contributed by atoms with Crippen LogP contribution in [-0.2, 0) is 13.6 Å². The molecule has 3 aromatic rings. The minimum atomic E-state index is -0.563. The zero-order valence-electron chi connectivity index (χ0n) is 12.2. The second-order valence-electron chi connectivity index (χ2n) is 5.15. The Morgan fingerprint density at radius 3 is 2.82 bits per heavy atom. The molecule has 0 spiro atoms. The van der Waals surface area contributed by atoms with E-state index in [1.165, 1.54) is 0 Å². The maximum atomic E-state index is 10.1. The molecule has 0 saturated carbocycles. The summed E-state index contributed by atoms with van der Waals surface area (Å²) in [5.74, 6) is 0.902. The highest BCUT2D eigenvalue weighted by atomic mass is 35.5. The lowest BCUT2D eigenvalue weighted by Crippen LogP contribution is -2.22. The predicted octanol–water partition coefficient (Wildman–Crippen LogP) is 2.44. The maximum Gasteiger partial charge on any atom is 0.123 e. The summed E-state index contributed by atoms with van der Waals surface area (Å²) in [5, 5.41) is 14.0. The largest absolute Gasteiger partial charge is 0.387 e. The Kier molecular flexibility index (Phi) is 4.38. The van der Waals surface area contributed by atoms with E-state index in [1.807, 2.05) is 41.9 Å². The Morgan fingerprint density at radius 1 is 1.27 bits per heavy atom. The molecule has 2 N–H and O–H groups in total. The fourth-order valence-corrected chi connectivity index (χ4v) is 2.57. The van der Waals surface area contributed by atoms with Gasteiger partial charge >= 0.3 is 0 Å². The second kappa shape index (κ2) is 6.44. The number of fused-ring (bicyclic) bond motifs is 1. The van der Waals surface area contributed by atoms with Crippen LogP contribution in [0.1, 0.15) is 17.5 Å². The average Bonchev–Trinajstić information content (AvgIpc) is 2.83. The van der Waals surface area contributed by atoms with Gasteiger partial charge in [-0.15, -0.1) is 0 Å². The first-order chi connectivity index (χ1) is 10.6. The Hall–Kier alpha value is -1.95. The monoisotopic (exact) mass is 316 g/mol. The fraction of sp³-hybridized carbons (Fsp3) is 0.250. The Morgan fingerprint density at radius 2 is 2.05 bits per heavy atom. The lowest BCUT2D eigenvalue weighted by atomic mass is 10.1. The topological polar surface area (TPSA) is 63.0 Å². The predicted molar refractivity (Wildman–Crippen MR) is 86.6 cm³/mol. The van der Waals surface area contributed by atoms with Gasteiger partial charge in [0.2, 0.25) is 0 Å². The van der Waals surface area contributed by atoms with Gasteiger partial charge in [-0.2, -0.15) is 0 Å². The summed E-state index contributed by atoms with van der Waals surface area (Å²) in [6.45, 7) is 1.03. The van der Waals surface area contributed by atoms with E-state index in [-0.39, 0.29) is 0 Å². The first-order valence-electron chi connectivity index (χ1n) is 7.04. The number of benzene rings is 1. The van der Waals surface area contributed by atoms with E-state index in [1.54, 1.807) is 12.4 Å². The third-order valence-electron chi connectivity index (χ3n) is 3.65. The molecule has 0 saturated heterocycles. The Balaban J connectivity index is 1.66. The summed E-state index contributed by atoms with van der Waals surface area (Å²) >= 11 is 5.99. The SMILES string of the molecule is Cn1c(CNCC(O)c2ccncc2)nc2cc(Cl)ccc21. The van der Waals surface area contributed by atoms with Gasteiger partial charge in [0.15, 0.2) is 0 Å². The summed E-state index contributed by atoms with van der Waals surface area (Å²) in [5.41, 5.74) is 2.76. The van der Waals surface area contributed by atoms with Crippen LogP contribution in [-0.4, -0.2) is 26.2 Å². The minimum Gasteiger partial charge on any atom is -0.387 e. The number of hydrogen-bond acceptors (Lipinski definition) is 4. The number of nitrogens with one attached hydrogen (secondary N) is 1. The van der Waals surface area contributed by atoms with Gasteiger partial charge in [-0.25, -0.2) is 4.98 Å². The molecule has 0 aliphatic rings. The highest BCUT2D eigenvalue weighted by molar-refractivity contribution is 6.31. The zero-order valence-corrected chi connectivity index (χ0v) is 13.0. The molecule has 0 aliphatic carbocycles. The summed E-state index contributed by atoms with van der Waals surface area (Å²) in [6.07, 6.45) is 2.79. The van der Waals surface area contributed by atoms with Gasteiger partial charge in [-0.05, 0) is 35.9 Å². The van der Waals surface area contributed by atoms with Crippen molar-refractivity contribution in [1.82, 2.24) is 19.9 Å². The molecule has 114 valence electrons. The fourth-order valence-electron chi connectivity index (χ4n) is 2.41. The molecule has 1 atom stereocenters. The van der Waals surface area contributed by atoms with Crippen molar-refractivity contribution in [2.75, 3.05) is 6.54 Å². The number of aryl methyl sites for hydroxylation is 1. The number of aliphatic hydroxyl groups excluding tert-OH is 1. The van der Waals surface area contributed by atoms with Crippen LogP contribution in [0, 0.1) is 0 Å². The molecular formula is C16H17ClN4O.